The molecule has 3 heteroatoms. The molecule has 2 atom stereocenters. The molecule has 2 N–H and O–H groups in total. The van der Waals surface area contributed by atoms with Gasteiger partial charge in [-0.3, -0.25) is 4.79 Å². The van der Waals surface area contributed by atoms with Crippen molar-refractivity contribution in [1.82, 2.24) is 10.6 Å². The summed E-state index contributed by atoms with van der Waals surface area (Å²) < 4.78 is 0. The molecule has 0 saturated heterocycles. The number of hydrogen-bond acceptors (Lipinski definition) is 2. The largest absolute Gasteiger partial charge is 0.352 e. The molecule has 2 unspecified atom stereocenters. The Bertz CT molecular complexity index is 159. The summed E-state index contributed by atoms with van der Waals surface area (Å²) in [7, 11) is 0. The minimum Gasteiger partial charge on any atom is -0.352 e. The highest BCUT2D eigenvalue weighted by Crippen LogP contribution is 2.32. The summed E-state index contributed by atoms with van der Waals surface area (Å²) in [6, 6.07) is 0.473. The molecule has 12 heavy (non-hydrogen) atoms. The summed E-state index contributed by atoms with van der Waals surface area (Å²) in [5.74, 6) is 0.883. The number of carbonyl (C=O) groups excluding carboxylic acids is 1. The van der Waals surface area contributed by atoms with Gasteiger partial charge in [0.2, 0.25) is 5.91 Å². The van der Waals surface area contributed by atoms with Crippen molar-refractivity contribution in [2.45, 2.75) is 32.7 Å². The van der Waals surface area contributed by atoms with Crippen LogP contribution in [0.3, 0.4) is 0 Å². The van der Waals surface area contributed by atoms with Crippen LogP contribution in [0.4, 0.5) is 0 Å². The van der Waals surface area contributed by atoms with Crippen LogP contribution in [-0.4, -0.2) is 25.0 Å². The molecule has 1 aliphatic carbocycles. The summed E-state index contributed by atoms with van der Waals surface area (Å²) in [6.45, 7) is 5.49. The molecule has 0 aromatic rings. The third-order valence-corrected chi connectivity index (χ3v) is 2.33. The van der Waals surface area contributed by atoms with Crippen molar-refractivity contribution in [2.75, 3.05) is 13.1 Å². The van der Waals surface area contributed by atoms with Crippen molar-refractivity contribution < 1.29 is 4.79 Å². The van der Waals surface area contributed by atoms with Gasteiger partial charge in [0, 0.05) is 6.04 Å². The highest BCUT2D eigenvalue weighted by molar-refractivity contribution is 5.78. The second kappa shape index (κ2) is 4.45. The molecular weight excluding hydrogens is 152 g/mol. The van der Waals surface area contributed by atoms with Gasteiger partial charge in [0.1, 0.15) is 0 Å². The molecule has 0 bridgehead atoms. The van der Waals surface area contributed by atoms with E-state index >= 15 is 0 Å². The van der Waals surface area contributed by atoms with Crippen molar-refractivity contribution in [3.05, 3.63) is 0 Å². The van der Waals surface area contributed by atoms with E-state index in [0.717, 1.165) is 12.5 Å². The van der Waals surface area contributed by atoms with Gasteiger partial charge in [0.15, 0.2) is 0 Å². The first-order valence-electron chi connectivity index (χ1n) is 4.78. The number of nitrogens with one attached hydrogen (secondary N) is 2. The van der Waals surface area contributed by atoms with Crippen LogP contribution in [0.5, 0.6) is 0 Å². The Morgan fingerprint density at radius 2 is 2.25 bits per heavy atom. The van der Waals surface area contributed by atoms with E-state index in [4.69, 9.17) is 0 Å². The molecule has 1 rings (SSSR count). The maximum Gasteiger partial charge on any atom is 0.234 e. The molecule has 1 fully saturated rings. The first-order chi connectivity index (χ1) is 5.77. The van der Waals surface area contributed by atoms with Gasteiger partial charge in [-0.2, -0.15) is 0 Å². The Morgan fingerprint density at radius 1 is 1.50 bits per heavy atom. The summed E-state index contributed by atoms with van der Waals surface area (Å²) in [6.07, 6.45) is 2.36. The SMILES string of the molecule is CCNCC(=O)NC1CC1CC. The average molecular weight is 170 g/mol. The highest BCUT2D eigenvalue weighted by atomic mass is 16.2. The monoisotopic (exact) mass is 170 g/mol. The number of likely N-dealkylation sites (N-methyl/N-ethyl adjacent to an activating group) is 1. The van der Waals surface area contributed by atoms with E-state index in [0.29, 0.717) is 12.6 Å². The van der Waals surface area contributed by atoms with Crippen LogP contribution in [0.15, 0.2) is 0 Å². The van der Waals surface area contributed by atoms with E-state index in [1.54, 1.807) is 0 Å². The highest BCUT2D eigenvalue weighted by Gasteiger charge is 2.36. The smallest absolute Gasteiger partial charge is 0.234 e. The predicted molar refractivity (Wildman–Crippen MR) is 48.9 cm³/mol. The van der Waals surface area contributed by atoms with Gasteiger partial charge in [-0.25, -0.2) is 0 Å². The molecule has 3 nitrogen and oxygen atoms in total. The van der Waals surface area contributed by atoms with Gasteiger partial charge in [-0.05, 0) is 18.9 Å². The summed E-state index contributed by atoms with van der Waals surface area (Å²) in [5.41, 5.74) is 0. The van der Waals surface area contributed by atoms with Crippen molar-refractivity contribution in [3.63, 3.8) is 0 Å². The van der Waals surface area contributed by atoms with Crippen molar-refractivity contribution in [1.29, 1.82) is 0 Å². The van der Waals surface area contributed by atoms with E-state index in [2.05, 4.69) is 17.6 Å². The van der Waals surface area contributed by atoms with E-state index < -0.39 is 0 Å². The van der Waals surface area contributed by atoms with E-state index in [-0.39, 0.29) is 5.91 Å². The van der Waals surface area contributed by atoms with Gasteiger partial charge >= 0.3 is 0 Å². The third-order valence-electron chi connectivity index (χ3n) is 2.33. The summed E-state index contributed by atoms with van der Waals surface area (Å²) in [5, 5.41) is 5.99. The van der Waals surface area contributed by atoms with Gasteiger partial charge in [-0.1, -0.05) is 20.3 Å². The van der Waals surface area contributed by atoms with Crippen molar-refractivity contribution in [3.8, 4) is 0 Å². The topological polar surface area (TPSA) is 41.1 Å². The molecule has 1 saturated carbocycles. The molecule has 0 spiro atoms. The fourth-order valence-corrected chi connectivity index (χ4v) is 1.37. The lowest BCUT2D eigenvalue weighted by molar-refractivity contribution is -0.120. The number of rotatable bonds is 5. The second-order valence-electron chi connectivity index (χ2n) is 3.36. The zero-order valence-corrected chi connectivity index (χ0v) is 7.89. The van der Waals surface area contributed by atoms with Crippen LogP contribution in [0, 0.1) is 5.92 Å². The molecule has 1 amide bonds. The van der Waals surface area contributed by atoms with Crippen LogP contribution in [0.2, 0.25) is 0 Å². The molecular formula is C9H18N2O. The maximum absolute atomic E-state index is 11.1. The van der Waals surface area contributed by atoms with Gasteiger partial charge < -0.3 is 10.6 Å². The van der Waals surface area contributed by atoms with E-state index in [1.165, 1.54) is 12.8 Å². The fraction of sp³-hybridized carbons (Fsp3) is 0.889. The minimum atomic E-state index is 0.137. The van der Waals surface area contributed by atoms with Gasteiger partial charge in [-0.15, -0.1) is 0 Å². The van der Waals surface area contributed by atoms with E-state index in [1.807, 2.05) is 6.92 Å². The normalized spacial score (nSPS) is 26.8. The molecule has 1 aliphatic rings. The maximum atomic E-state index is 11.1. The lowest BCUT2D eigenvalue weighted by Crippen LogP contribution is -2.35. The standard InChI is InChI=1S/C9H18N2O/c1-3-7-5-8(7)11-9(12)6-10-4-2/h7-8,10H,3-6H2,1-2H3,(H,11,12). The molecule has 0 radical (unpaired) electrons. The summed E-state index contributed by atoms with van der Waals surface area (Å²) >= 11 is 0. The fourth-order valence-electron chi connectivity index (χ4n) is 1.37. The number of amides is 1. The average Bonchev–Trinajstić information content (AvgIpc) is 2.80. The van der Waals surface area contributed by atoms with Crippen LogP contribution >= 0.6 is 0 Å². The lowest BCUT2D eigenvalue weighted by atomic mass is 10.3. The first kappa shape index (κ1) is 9.52. The quantitative estimate of drug-likeness (QED) is 0.631. The Balaban J connectivity index is 2.04. The number of carbonyl (C=O) groups is 1. The summed E-state index contributed by atoms with van der Waals surface area (Å²) in [4.78, 5) is 11.1. The van der Waals surface area contributed by atoms with Crippen LogP contribution < -0.4 is 10.6 Å². The Morgan fingerprint density at radius 3 is 2.75 bits per heavy atom. The zero-order valence-electron chi connectivity index (χ0n) is 7.89. The Hall–Kier alpha value is -0.570. The molecule has 70 valence electrons. The van der Waals surface area contributed by atoms with Crippen LogP contribution in [-0.2, 0) is 4.79 Å². The van der Waals surface area contributed by atoms with Crippen molar-refractivity contribution in [2.24, 2.45) is 5.92 Å². The van der Waals surface area contributed by atoms with Crippen LogP contribution in [0.1, 0.15) is 26.7 Å². The number of hydrogen-bond donors (Lipinski definition) is 2. The predicted octanol–water partition coefficient (Wildman–Crippen LogP) is 0.511. The van der Waals surface area contributed by atoms with Gasteiger partial charge in [0.25, 0.3) is 0 Å². The third kappa shape index (κ3) is 2.81. The first-order valence-corrected chi connectivity index (χ1v) is 4.78. The van der Waals surface area contributed by atoms with Crippen LogP contribution in [0.25, 0.3) is 0 Å². The molecule has 0 heterocycles. The van der Waals surface area contributed by atoms with E-state index in [9.17, 15) is 4.79 Å². The molecule has 0 aromatic heterocycles. The zero-order chi connectivity index (χ0) is 8.97. The molecule has 0 aromatic carbocycles. The molecule has 0 aliphatic heterocycles. The minimum absolute atomic E-state index is 0.137. The Kier molecular flexibility index (Phi) is 3.53. The van der Waals surface area contributed by atoms with Gasteiger partial charge in [0.05, 0.1) is 6.54 Å². The second-order valence-corrected chi connectivity index (χ2v) is 3.36. The Labute approximate surface area is 73.9 Å². The van der Waals surface area contributed by atoms with Crippen molar-refractivity contribution >= 4 is 5.91 Å². The lowest BCUT2D eigenvalue weighted by Gasteiger charge is -2.03.